The Bertz CT molecular complexity index is 625. The number of furan rings is 1. The molecule has 1 fully saturated rings. The molecule has 0 spiro atoms. The molecule has 1 aliphatic heterocycles. The highest BCUT2D eigenvalue weighted by Gasteiger charge is 2.35. The topological polar surface area (TPSA) is 97.3 Å². The minimum absolute atomic E-state index is 0.0983. The van der Waals surface area contributed by atoms with E-state index < -0.39 is 22.3 Å². The molecule has 1 aromatic carbocycles. The average molecular weight is 297 g/mol. The molecule has 0 atom stereocenters. The summed E-state index contributed by atoms with van der Waals surface area (Å²) in [5.74, 6) is -0.618. The van der Waals surface area contributed by atoms with Crippen molar-refractivity contribution in [2.75, 3.05) is 16.6 Å². The second kappa shape index (κ2) is 4.62. The Balaban J connectivity index is 2.07. The van der Waals surface area contributed by atoms with Crippen LogP contribution in [-0.2, 0) is 0 Å². The highest BCUT2D eigenvalue weighted by molar-refractivity contribution is 8.25. The van der Waals surface area contributed by atoms with Gasteiger partial charge in [0.25, 0.3) is 5.88 Å². The molecule has 0 radical (unpaired) electrons. The standard InChI is InChI=1S/C13H15NO5S/c15-10-11(16)13(14-7-4-8-20(14,17)18)19-12(10)9-5-2-1-3-6-9/h1-3,5-6,15-18H,4,7-8H2. The molecule has 108 valence electrons. The van der Waals surface area contributed by atoms with Gasteiger partial charge < -0.3 is 14.6 Å². The summed E-state index contributed by atoms with van der Waals surface area (Å²) in [5, 5.41) is 20.0. The predicted octanol–water partition coefficient (Wildman–Crippen LogP) is 3.23. The van der Waals surface area contributed by atoms with E-state index in [0.717, 1.165) is 0 Å². The molecule has 3 rings (SSSR count). The van der Waals surface area contributed by atoms with Crippen molar-refractivity contribution in [3.8, 4) is 22.8 Å². The van der Waals surface area contributed by atoms with Crippen LogP contribution in [0.5, 0.6) is 11.5 Å². The average Bonchev–Trinajstić information content (AvgIpc) is 2.92. The fourth-order valence-corrected chi connectivity index (χ4v) is 3.80. The number of rotatable bonds is 2. The minimum Gasteiger partial charge on any atom is -0.502 e. The lowest BCUT2D eigenvalue weighted by Crippen LogP contribution is -2.21. The van der Waals surface area contributed by atoms with E-state index in [1.165, 1.54) is 4.31 Å². The summed E-state index contributed by atoms with van der Waals surface area (Å²) < 4.78 is 26.5. The van der Waals surface area contributed by atoms with E-state index in [0.29, 0.717) is 18.5 Å². The molecule has 0 amide bonds. The highest BCUT2D eigenvalue weighted by Crippen LogP contribution is 2.57. The smallest absolute Gasteiger partial charge is 0.261 e. The lowest BCUT2D eigenvalue weighted by molar-refractivity contribution is 0.409. The number of hydrogen-bond donors (Lipinski definition) is 4. The first-order valence-electron chi connectivity index (χ1n) is 6.14. The van der Waals surface area contributed by atoms with Crippen LogP contribution in [0.2, 0.25) is 0 Å². The molecule has 7 heteroatoms. The first-order chi connectivity index (χ1) is 9.50. The van der Waals surface area contributed by atoms with Crippen molar-refractivity contribution in [2.45, 2.75) is 6.42 Å². The Morgan fingerprint density at radius 1 is 1.05 bits per heavy atom. The van der Waals surface area contributed by atoms with Gasteiger partial charge in [0.15, 0.2) is 5.76 Å². The summed E-state index contributed by atoms with van der Waals surface area (Å²) in [4.78, 5) is 0. The van der Waals surface area contributed by atoms with Gasteiger partial charge in [-0.25, -0.2) is 4.31 Å². The summed E-state index contributed by atoms with van der Waals surface area (Å²) in [7, 11) is -2.98. The van der Waals surface area contributed by atoms with Crippen molar-refractivity contribution in [2.24, 2.45) is 0 Å². The van der Waals surface area contributed by atoms with Crippen LogP contribution in [0.15, 0.2) is 34.7 Å². The molecular weight excluding hydrogens is 282 g/mol. The van der Waals surface area contributed by atoms with Gasteiger partial charge in [-0.05, 0) is 6.42 Å². The SMILES string of the molecule is Oc1c(-c2ccccc2)oc(N2CCCS2(O)O)c1O. The van der Waals surface area contributed by atoms with Crippen LogP contribution in [-0.4, -0.2) is 31.6 Å². The molecule has 2 heterocycles. The Kier molecular flexibility index (Phi) is 3.04. The first-order valence-corrected chi connectivity index (χ1v) is 7.82. The summed E-state index contributed by atoms with van der Waals surface area (Å²) in [6.45, 7) is 0.358. The first kappa shape index (κ1) is 13.2. The maximum absolute atomic E-state index is 9.98. The van der Waals surface area contributed by atoms with Gasteiger partial charge in [-0.2, -0.15) is 0 Å². The van der Waals surface area contributed by atoms with Crippen molar-refractivity contribution in [3.05, 3.63) is 30.3 Å². The lowest BCUT2D eigenvalue weighted by atomic mass is 10.1. The maximum Gasteiger partial charge on any atom is 0.261 e. The van der Waals surface area contributed by atoms with Gasteiger partial charge in [-0.1, -0.05) is 30.3 Å². The number of aromatic hydroxyl groups is 2. The number of benzene rings is 1. The third-order valence-electron chi connectivity index (χ3n) is 3.24. The quantitative estimate of drug-likeness (QED) is 0.679. The zero-order chi connectivity index (χ0) is 14.3. The zero-order valence-corrected chi connectivity index (χ0v) is 11.4. The predicted molar refractivity (Wildman–Crippen MR) is 77.2 cm³/mol. The minimum atomic E-state index is -2.98. The highest BCUT2D eigenvalue weighted by atomic mass is 32.3. The Hall–Kier alpha value is -1.83. The van der Waals surface area contributed by atoms with E-state index in [4.69, 9.17) is 4.42 Å². The fourth-order valence-electron chi connectivity index (χ4n) is 2.25. The van der Waals surface area contributed by atoms with Crippen LogP contribution < -0.4 is 4.31 Å². The normalized spacial score (nSPS) is 19.2. The van der Waals surface area contributed by atoms with Crippen molar-refractivity contribution >= 4 is 16.7 Å². The van der Waals surface area contributed by atoms with E-state index in [1.807, 2.05) is 6.07 Å². The van der Waals surface area contributed by atoms with Crippen molar-refractivity contribution in [3.63, 3.8) is 0 Å². The van der Waals surface area contributed by atoms with Crippen LogP contribution >= 0.6 is 10.8 Å². The van der Waals surface area contributed by atoms with Gasteiger partial charge >= 0.3 is 0 Å². The molecule has 0 bridgehead atoms. The molecule has 4 N–H and O–H groups in total. The van der Waals surface area contributed by atoms with Gasteiger partial charge in [-0.15, -0.1) is 10.8 Å². The zero-order valence-electron chi connectivity index (χ0n) is 10.6. The summed E-state index contributed by atoms with van der Waals surface area (Å²) in [6, 6.07) is 8.82. The van der Waals surface area contributed by atoms with Crippen LogP contribution in [0, 0.1) is 0 Å². The van der Waals surface area contributed by atoms with Crippen LogP contribution in [0.3, 0.4) is 0 Å². The van der Waals surface area contributed by atoms with Gasteiger partial charge in [-0.3, -0.25) is 9.11 Å². The van der Waals surface area contributed by atoms with Crippen LogP contribution in [0.4, 0.5) is 5.88 Å². The van der Waals surface area contributed by atoms with E-state index >= 15 is 0 Å². The summed E-state index contributed by atoms with van der Waals surface area (Å²) in [6.07, 6.45) is 0.587. The van der Waals surface area contributed by atoms with Crippen molar-refractivity contribution in [1.29, 1.82) is 0 Å². The molecule has 1 aliphatic rings. The second-order valence-electron chi connectivity index (χ2n) is 4.59. The van der Waals surface area contributed by atoms with Gasteiger partial charge in [0, 0.05) is 12.1 Å². The molecule has 6 nitrogen and oxygen atoms in total. The summed E-state index contributed by atoms with van der Waals surface area (Å²) in [5.41, 5.74) is 0.599. The molecule has 0 aliphatic carbocycles. The lowest BCUT2D eigenvalue weighted by Gasteiger charge is -2.35. The third kappa shape index (κ3) is 2.00. The Morgan fingerprint density at radius 3 is 2.35 bits per heavy atom. The number of nitrogens with zero attached hydrogens (tertiary/aromatic N) is 1. The van der Waals surface area contributed by atoms with Crippen LogP contribution in [0.1, 0.15) is 6.42 Å². The fraction of sp³-hybridized carbons (Fsp3) is 0.231. The number of anilines is 1. The van der Waals surface area contributed by atoms with Crippen LogP contribution in [0.25, 0.3) is 11.3 Å². The van der Waals surface area contributed by atoms with E-state index in [-0.39, 0.29) is 17.4 Å². The molecule has 0 unspecified atom stereocenters. The Morgan fingerprint density at radius 2 is 1.75 bits per heavy atom. The van der Waals surface area contributed by atoms with E-state index in [2.05, 4.69) is 0 Å². The van der Waals surface area contributed by atoms with Gasteiger partial charge in [0.2, 0.25) is 11.5 Å². The number of hydrogen-bond acceptors (Lipinski definition) is 6. The maximum atomic E-state index is 9.98. The monoisotopic (exact) mass is 297 g/mol. The van der Waals surface area contributed by atoms with E-state index in [1.54, 1.807) is 24.3 Å². The van der Waals surface area contributed by atoms with Gasteiger partial charge in [0.05, 0.1) is 5.75 Å². The van der Waals surface area contributed by atoms with Crippen molar-refractivity contribution in [1.82, 2.24) is 0 Å². The molecule has 1 saturated heterocycles. The summed E-state index contributed by atoms with van der Waals surface area (Å²) >= 11 is 0. The molecular formula is C13H15NO5S. The second-order valence-corrected chi connectivity index (χ2v) is 6.71. The van der Waals surface area contributed by atoms with Gasteiger partial charge in [0.1, 0.15) is 0 Å². The Labute approximate surface area is 117 Å². The molecule has 2 aromatic rings. The molecule has 20 heavy (non-hydrogen) atoms. The molecule has 0 saturated carbocycles. The van der Waals surface area contributed by atoms with E-state index in [9.17, 15) is 19.3 Å². The largest absolute Gasteiger partial charge is 0.502 e. The molecule has 1 aromatic heterocycles. The van der Waals surface area contributed by atoms with Crippen molar-refractivity contribution < 1.29 is 23.7 Å². The third-order valence-corrected chi connectivity index (χ3v) is 5.13.